The van der Waals surface area contributed by atoms with Crippen LogP contribution in [0.2, 0.25) is 0 Å². The van der Waals surface area contributed by atoms with Crippen molar-refractivity contribution in [2.24, 2.45) is 0 Å². The summed E-state index contributed by atoms with van der Waals surface area (Å²) in [7, 11) is 0. The Morgan fingerprint density at radius 2 is 2.10 bits per heavy atom. The Morgan fingerprint density at radius 1 is 1.29 bits per heavy atom. The van der Waals surface area contributed by atoms with E-state index in [4.69, 9.17) is 9.47 Å². The van der Waals surface area contributed by atoms with E-state index < -0.39 is 0 Å². The molecular weight excluding hydrogens is 262 g/mol. The van der Waals surface area contributed by atoms with E-state index in [1.54, 1.807) is 0 Å². The molecule has 0 saturated carbocycles. The summed E-state index contributed by atoms with van der Waals surface area (Å²) in [5.41, 5.74) is 2.89. The lowest BCUT2D eigenvalue weighted by Crippen LogP contribution is -2.39. The molecule has 1 heterocycles. The van der Waals surface area contributed by atoms with E-state index in [9.17, 15) is 0 Å². The Hall–Kier alpha value is -0.900. The first-order valence-electron chi connectivity index (χ1n) is 8.35. The van der Waals surface area contributed by atoms with E-state index in [-0.39, 0.29) is 6.10 Å². The lowest BCUT2D eigenvalue weighted by Gasteiger charge is -2.37. The predicted octanol–water partition coefficient (Wildman–Crippen LogP) is 3.41. The maximum Gasteiger partial charge on any atom is 0.0809 e. The van der Waals surface area contributed by atoms with Gasteiger partial charge in [-0.3, -0.25) is 0 Å². The molecule has 0 spiro atoms. The fraction of sp³-hybridized carbons (Fsp3) is 0.667. The van der Waals surface area contributed by atoms with Gasteiger partial charge in [-0.05, 0) is 42.9 Å². The zero-order chi connectivity index (χ0) is 14.7. The molecule has 1 N–H and O–H groups in total. The van der Waals surface area contributed by atoms with Crippen molar-refractivity contribution in [3.63, 3.8) is 0 Å². The van der Waals surface area contributed by atoms with Crippen LogP contribution in [0.3, 0.4) is 0 Å². The van der Waals surface area contributed by atoms with Gasteiger partial charge in [-0.25, -0.2) is 0 Å². The Morgan fingerprint density at radius 3 is 2.81 bits per heavy atom. The molecule has 1 fully saturated rings. The van der Waals surface area contributed by atoms with Crippen molar-refractivity contribution in [1.29, 1.82) is 0 Å². The van der Waals surface area contributed by atoms with Crippen molar-refractivity contribution in [2.75, 3.05) is 19.8 Å². The molecule has 1 saturated heterocycles. The van der Waals surface area contributed by atoms with E-state index >= 15 is 0 Å². The maximum atomic E-state index is 6.27. The van der Waals surface area contributed by atoms with Crippen molar-refractivity contribution in [1.82, 2.24) is 5.32 Å². The van der Waals surface area contributed by atoms with Crippen molar-refractivity contribution in [3.8, 4) is 0 Å². The van der Waals surface area contributed by atoms with Crippen LogP contribution in [0.25, 0.3) is 0 Å². The van der Waals surface area contributed by atoms with Gasteiger partial charge in [0.15, 0.2) is 0 Å². The molecule has 4 unspecified atom stereocenters. The van der Waals surface area contributed by atoms with Gasteiger partial charge >= 0.3 is 0 Å². The fourth-order valence-corrected chi connectivity index (χ4v) is 3.69. The van der Waals surface area contributed by atoms with Crippen LogP contribution in [0, 0.1) is 0 Å². The molecule has 3 nitrogen and oxygen atoms in total. The minimum absolute atomic E-state index is 0.249. The number of fused-ring (bicyclic) bond motifs is 1. The fourth-order valence-electron chi connectivity index (χ4n) is 3.69. The molecule has 1 aliphatic carbocycles. The van der Waals surface area contributed by atoms with E-state index in [1.807, 2.05) is 0 Å². The Kier molecular flexibility index (Phi) is 4.94. The van der Waals surface area contributed by atoms with E-state index in [1.165, 1.54) is 17.5 Å². The van der Waals surface area contributed by atoms with Crippen LogP contribution >= 0.6 is 0 Å². The van der Waals surface area contributed by atoms with Gasteiger partial charge in [-0.2, -0.15) is 0 Å². The molecular formula is C18H27NO2. The highest BCUT2D eigenvalue weighted by Gasteiger charge is 2.33. The average molecular weight is 289 g/mol. The molecule has 1 aliphatic heterocycles. The Bertz CT molecular complexity index is 456. The number of benzene rings is 1. The molecule has 3 heteroatoms. The monoisotopic (exact) mass is 289 g/mol. The lowest BCUT2D eigenvalue weighted by molar-refractivity contribution is -0.0423. The number of hydrogen-bond donors (Lipinski definition) is 1. The van der Waals surface area contributed by atoms with Crippen molar-refractivity contribution >= 4 is 0 Å². The number of rotatable bonds is 5. The van der Waals surface area contributed by atoms with Gasteiger partial charge in [-0.1, -0.05) is 38.1 Å². The number of ether oxygens (including phenoxy) is 2. The first kappa shape index (κ1) is 15.0. The first-order valence-corrected chi connectivity index (χ1v) is 8.35. The standard InChI is InChI=1S/C18H27NO2/c1-3-19-18-16-9-5-4-8-15(16)13(2)11-17(18)21-12-14-7-6-10-20-14/h4-5,8-9,13-14,17-19H,3,6-7,10-12H2,1-2H3. The van der Waals surface area contributed by atoms with Crippen LogP contribution in [0.15, 0.2) is 24.3 Å². The van der Waals surface area contributed by atoms with Crippen LogP contribution in [0.4, 0.5) is 0 Å². The second-order valence-electron chi connectivity index (χ2n) is 6.31. The maximum absolute atomic E-state index is 6.27. The summed E-state index contributed by atoms with van der Waals surface area (Å²) < 4.78 is 12.0. The summed E-state index contributed by atoms with van der Waals surface area (Å²) in [5, 5.41) is 3.62. The molecule has 3 rings (SSSR count). The number of nitrogens with one attached hydrogen (secondary N) is 1. The molecule has 1 aromatic carbocycles. The summed E-state index contributed by atoms with van der Waals surface area (Å²) in [6.45, 7) is 7.07. The highest BCUT2D eigenvalue weighted by Crippen LogP contribution is 2.39. The molecule has 116 valence electrons. The summed E-state index contributed by atoms with van der Waals surface area (Å²) in [4.78, 5) is 0. The van der Waals surface area contributed by atoms with Gasteiger partial charge < -0.3 is 14.8 Å². The van der Waals surface area contributed by atoms with Crippen LogP contribution in [0.1, 0.15) is 56.2 Å². The summed E-state index contributed by atoms with van der Waals surface area (Å²) in [6, 6.07) is 9.11. The zero-order valence-electron chi connectivity index (χ0n) is 13.2. The average Bonchev–Trinajstić information content (AvgIpc) is 3.02. The van der Waals surface area contributed by atoms with Gasteiger partial charge in [0.1, 0.15) is 0 Å². The summed E-state index contributed by atoms with van der Waals surface area (Å²) in [5.74, 6) is 0.561. The molecule has 2 aliphatic rings. The molecule has 0 amide bonds. The molecule has 1 aromatic rings. The van der Waals surface area contributed by atoms with Crippen LogP contribution in [-0.2, 0) is 9.47 Å². The van der Waals surface area contributed by atoms with Crippen LogP contribution < -0.4 is 5.32 Å². The highest BCUT2D eigenvalue weighted by atomic mass is 16.5. The Balaban J connectivity index is 1.73. The van der Waals surface area contributed by atoms with Crippen molar-refractivity contribution < 1.29 is 9.47 Å². The molecule has 21 heavy (non-hydrogen) atoms. The van der Waals surface area contributed by atoms with Crippen LogP contribution in [0.5, 0.6) is 0 Å². The minimum atomic E-state index is 0.249. The largest absolute Gasteiger partial charge is 0.376 e. The van der Waals surface area contributed by atoms with Gasteiger partial charge in [0.2, 0.25) is 0 Å². The summed E-state index contributed by atoms with van der Waals surface area (Å²) in [6.07, 6.45) is 3.96. The smallest absolute Gasteiger partial charge is 0.0809 e. The Labute approximate surface area is 128 Å². The molecule has 4 atom stereocenters. The second kappa shape index (κ2) is 6.91. The lowest BCUT2D eigenvalue weighted by atomic mass is 9.79. The predicted molar refractivity (Wildman–Crippen MR) is 84.6 cm³/mol. The highest BCUT2D eigenvalue weighted by molar-refractivity contribution is 5.36. The number of likely N-dealkylation sites (N-methyl/N-ethyl adjacent to an activating group) is 1. The van der Waals surface area contributed by atoms with Gasteiger partial charge in [0, 0.05) is 6.61 Å². The molecule has 0 aromatic heterocycles. The van der Waals surface area contributed by atoms with Crippen molar-refractivity contribution in [2.45, 2.75) is 57.3 Å². The summed E-state index contributed by atoms with van der Waals surface area (Å²) >= 11 is 0. The van der Waals surface area contributed by atoms with Gasteiger partial charge in [0.05, 0.1) is 24.9 Å². The minimum Gasteiger partial charge on any atom is -0.376 e. The quantitative estimate of drug-likeness (QED) is 0.901. The third-order valence-electron chi connectivity index (χ3n) is 4.76. The van der Waals surface area contributed by atoms with E-state index in [0.717, 1.165) is 32.6 Å². The second-order valence-corrected chi connectivity index (χ2v) is 6.31. The van der Waals surface area contributed by atoms with E-state index in [2.05, 4.69) is 43.4 Å². The third kappa shape index (κ3) is 3.31. The van der Waals surface area contributed by atoms with Gasteiger partial charge in [-0.15, -0.1) is 0 Å². The van der Waals surface area contributed by atoms with Gasteiger partial charge in [0.25, 0.3) is 0 Å². The molecule has 0 radical (unpaired) electrons. The first-order chi connectivity index (χ1) is 10.3. The topological polar surface area (TPSA) is 30.5 Å². The zero-order valence-corrected chi connectivity index (χ0v) is 13.2. The third-order valence-corrected chi connectivity index (χ3v) is 4.76. The SMILES string of the molecule is CCNC1c2ccccc2C(C)CC1OCC1CCCO1. The number of hydrogen-bond acceptors (Lipinski definition) is 3. The van der Waals surface area contributed by atoms with Crippen molar-refractivity contribution in [3.05, 3.63) is 35.4 Å². The normalized spacial score (nSPS) is 32.1. The van der Waals surface area contributed by atoms with Crippen LogP contribution in [-0.4, -0.2) is 32.0 Å². The molecule has 0 bridgehead atoms. The van der Waals surface area contributed by atoms with E-state index in [0.29, 0.717) is 18.1 Å².